The van der Waals surface area contributed by atoms with E-state index in [1.165, 1.54) is 30.0 Å². The Labute approximate surface area is 142 Å². The van der Waals surface area contributed by atoms with E-state index in [0.717, 1.165) is 5.75 Å². The molecular formula is C16H17FN4O2S. The maximum absolute atomic E-state index is 14.3. The Hall–Kier alpha value is -2.35. The number of benzene rings is 1. The lowest BCUT2D eigenvalue weighted by molar-refractivity contribution is 0.0988. The Morgan fingerprint density at radius 3 is 2.92 bits per heavy atom. The van der Waals surface area contributed by atoms with E-state index in [2.05, 4.69) is 15.5 Å². The summed E-state index contributed by atoms with van der Waals surface area (Å²) < 4.78 is 19.3. The van der Waals surface area contributed by atoms with Gasteiger partial charge in [0.25, 0.3) is 5.91 Å². The molecule has 8 heteroatoms. The van der Waals surface area contributed by atoms with E-state index in [-0.39, 0.29) is 11.6 Å². The van der Waals surface area contributed by atoms with Crippen molar-refractivity contribution in [1.82, 2.24) is 5.16 Å². The highest BCUT2D eigenvalue weighted by atomic mass is 32.2. The fourth-order valence-corrected chi connectivity index (χ4v) is 3.53. The normalized spacial score (nSPS) is 20.5. The van der Waals surface area contributed by atoms with Crippen LogP contribution in [0.25, 0.3) is 0 Å². The minimum atomic E-state index is -0.747. The molecule has 1 amide bonds. The first kappa shape index (κ1) is 16.5. The van der Waals surface area contributed by atoms with Crippen LogP contribution in [0.4, 0.5) is 10.1 Å². The van der Waals surface area contributed by atoms with Crippen LogP contribution in [0, 0.1) is 12.7 Å². The van der Waals surface area contributed by atoms with Crippen LogP contribution in [-0.2, 0) is 5.54 Å². The van der Waals surface area contributed by atoms with Crippen molar-refractivity contribution in [2.75, 3.05) is 11.1 Å². The SMILES string of the molecule is Cc1cc(C(=O)Nc2ccc(F)c([C@]3(C)CCSC(N)=N3)c2)on1. The molecule has 0 aliphatic carbocycles. The van der Waals surface area contributed by atoms with Gasteiger partial charge in [0.05, 0.1) is 11.2 Å². The molecule has 6 nitrogen and oxygen atoms in total. The third-order valence-electron chi connectivity index (χ3n) is 3.85. The summed E-state index contributed by atoms with van der Waals surface area (Å²) in [4.78, 5) is 16.5. The van der Waals surface area contributed by atoms with Crippen LogP contribution in [0.5, 0.6) is 0 Å². The standard InChI is InChI=1S/C16H17FN4O2S/c1-9-7-13(23-21-9)14(22)19-10-3-4-12(17)11(8-10)16(2)5-6-24-15(18)20-16/h3-4,7-8H,5-6H2,1-2H3,(H2,18,20)(H,19,22)/t16-/m0/s1. The molecule has 1 aromatic carbocycles. The molecule has 1 atom stereocenters. The number of rotatable bonds is 3. The number of nitrogens with zero attached hydrogens (tertiary/aromatic N) is 2. The topological polar surface area (TPSA) is 93.5 Å². The third-order valence-corrected chi connectivity index (χ3v) is 4.65. The maximum atomic E-state index is 14.3. The summed E-state index contributed by atoms with van der Waals surface area (Å²) in [6, 6.07) is 5.93. The molecule has 1 aliphatic rings. The molecule has 2 aromatic rings. The fourth-order valence-electron chi connectivity index (χ4n) is 2.56. The first-order valence-electron chi connectivity index (χ1n) is 7.40. The molecule has 0 radical (unpaired) electrons. The van der Waals surface area contributed by atoms with Crippen molar-refractivity contribution in [3.8, 4) is 0 Å². The zero-order chi connectivity index (χ0) is 17.3. The number of nitrogens with one attached hydrogen (secondary N) is 1. The van der Waals surface area contributed by atoms with Crippen molar-refractivity contribution in [2.45, 2.75) is 25.8 Å². The van der Waals surface area contributed by atoms with Crippen molar-refractivity contribution < 1.29 is 13.7 Å². The second kappa shape index (κ2) is 6.27. The summed E-state index contributed by atoms with van der Waals surface area (Å²) in [5, 5.41) is 6.80. The van der Waals surface area contributed by atoms with Gasteiger partial charge in [-0.25, -0.2) is 4.39 Å². The molecule has 1 aromatic heterocycles. The Balaban J connectivity index is 1.89. The lowest BCUT2D eigenvalue weighted by atomic mass is 9.89. The number of halogens is 1. The largest absolute Gasteiger partial charge is 0.379 e. The summed E-state index contributed by atoms with van der Waals surface area (Å²) >= 11 is 1.45. The fraction of sp³-hybridized carbons (Fsp3) is 0.312. The van der Waals surface area contributed by atoms with Gasteiger partial charge >= 0.3 is 0 Å². The number of amidine groups is 1. The van der Waals surface area contributed by atoms with Crippen LogP contribution in [0.1, 0.15) is 35.2 Å². The minimum Gasteiger partial charge on any atom is -0.379 e. The molecule has 24 heavy (non-hydrogen) atoms. The number of aromatic nitrogens is 1. The number of aryl methyl sites for hydroxylation is 1. The number of nitrogens with two attached hydrogens (primary N) is 1. The molecule has 0 saturated carbocycles. The molecular weight excluding hydrogens is 331 g/mol. The Morgan fingerprint density at radius 1 is 1.46 bits per heavy atom. The second-order valence-corrected chi connectivity index (χ2v) is 6.92. The number of amides is 1. The molecule has 3 N–H and O–H groups in total. The molecule has 0 unspecified atom stereocenters. The van der Waals surface area contributed by atoms with Crippen LogP contribution in [0.15, 0.2) is 33.8 Å². The first-order valence-corrected chi connectivity index (χ1v) is 8.39. The van der Waals surface area contributed by atoms with E-state index in [0.29, 0.717) is 28.5 Å². The Morgan fingerprint density at radius 2 is 2.25 bits per heavy atom. The molecule has 3 rings (SSSR count). The molecule has 0 spiro atoms. The number of carbonyl (C=O) groups excluding carboxylic acids is 1. The van der Waals surface area contributed by atoms with Gasteiger partial charge in [0, 0.05) is 23.1 Å². The number of hydrogen-bond donors (Lipinski definition) is 2. The van der Waals surface area contributed by atoms with Crippen molar-refractivity contribution in [2.24, 2.45) is 10.7 Å². The molecule has 0 bridgehead atoms. The summed E-state index contributed by atoms with van der Waals surface area (Å²) in [6.07, 6.45) is 0.661. The lowest BCUT2D eigenvalue weighted by Gasteiger charge is -2.30. The monoisotopic (exact) mass is 348 g/mol. The van der Waals surface area contributed by atoms with Gasteiger partial charge in [0.1, 0.15) is 5.82 Å². The van der Waals surface area contributed by atoms with E-state index in [9.17, 15) is 9.18 Å². The van der Waals surface area contributed by atoms with Gasteiger partial charge in [0.2, 0.25) is 5.76 Å². The maximum Gasteiger partial charge on any atom is 0.294 e. The van der Waals surface area contributed by atoms with Crippen molar-refractivity contribution in [1.29, 1.82) is 0 Å². The van der Waals surface area contributed by atoms with Crippen molar-refractivity contribution in [3.05, 3.63) is 47.1 Å². The number of carbonyl (C=O) groups is 1. The molecule has 2 heterocycles. The predicted molar refractivity (Wildman–Crippen MR) is 91.6 cm³/mol. The summed E-state index contributed by atoms with van der Waals surface area (Å²) in [6.45, 7) is 3.56. The van der Waals surface area contributed by atoms with Crippen LogP contribution in [0.2, 0.25) is 0 Å². The third kappa shape index (κ3) is 3.28. The van der Waals surface area contributed by atoms with E-state index in [1.54, 1.807) is 13.0 Å². The summed E-state index contributed by atoms with van der Waals surface area (Å²) in [7, 11) is 0. The molecule has 0 saturated heterocycles. The summed E-state index contributed by atoms with van der Waals surface area (Å²) in [5.74, 6) is 0.0371. The zero-order valence-electron chi connectivity index (χ0n) is 13.3. The van der Waals surface area contributed by atoms with Gasteiger partial charge in [0.15, 0.2) is 5.17 Å². The van der Waals surface area contributed by atoms with Crippen molar-refractivity contribution >= 4 is 28.5 Å². The predicted octanol–water partition coefficient (Wildman–Crippen LogP) is 3.04. The van der Waals surface area contributed by atoms with Crippen LogP contribution in [-0.4, -0.2) is 22.0 Å². The highest BCUT2D eigenvalue weighted by Gasteiger charge is 2.32. The highest BCUT2D eigenvalue weighted by molar-refractivity contribution is 8.13. The van der Waals surface area contributed by atoms with E-state index < -0.39 is 11.4 Å². The average Bonchev–Trinajstić information content (AvgIpc) is 2.95. The molecule has 126 valence electrons. The van der Waals surface area contributed by atoms with Crippen LogP contribution in [0.3, 0.4) is 0 Å². The zero-order valence-corrected chi connectivity index (χ0v) is 14.1. The second-order valence-electron chi connectivity index (χ2n) is 5.80. The first-order chi connectivity index (χ1) is 11.4. The van der Waals surface area contributed by atoms with Gasteiger partial charge in [-0.05, 0) is 38.5 Å². The average molecular weight is 348 g/mol. The quantitative estimate of drug-likeness (QED) is 0.889. The van der Waals surface area contributed by atoms with E-state index in [1.807, 2.05) is 6.92 Å². The number of hydrogen-bond acceptors (Lipinski definition) is 6. The smallest absolute Gasteiger partial charge is 0.294 e. The van der Waals surface area contributed by atoms with Gasteiger partial charge < -0.3 is 15.6 Å². The van der Waals surface area contributed by atoms with Gasteiger partial charge in [-0.1, -0.05) is 16.9 Å². The Bertz CT molecular complexity index is 820. The molecule has 1 aliphatic heterocycles. The van der Waals surface area contributed by atoms with E-state index >= 15 is 0 Å². The van der Waals surface area contributed by atoms with Gasteiger partial charge in [-0.3, -0.25) is 9.79 Å². The minimum absolute atomic E-state index is 0.0981. The number of aliphatic imine (C=N–C) groups is 1. The lowest BCUT2D eigenvalue weighted by Crippen LogP contribution is -2.29. The number of thioether (sulfide) groups is 1. The van der Waals surface area contributed by atoms with Gasteiger partial charge in [-0.15, -0.1) is 0 Å². The van der Waals surface area contributed by atoms with Crippen LogP contribution >= 0.6 is 11.8 Å². The highest BCUT2D eigenvalue weighted by Crippen LogP contribution is 2.37. The summed E-state index contributed by atoms with van der Waals surface area (Å²) in [5.41, 5.74) is 6.51. The van der Waals surface area contributed by atoms with E-state index in [4.69, 9.17) is 10.3 Å². The van der Waals surface area contributed by atoms with Gasteiger partial charge in [-0.2, -0.15) is 0 Å². The van der Waals surface area contributed by atoms with Crippen LogP contribution < -0.4 is 11.1 Å². The van der Waals surface area contributed by atoms with Crippen molar-refractivity contribution in [3.63, 3.8) is 0 Å². The molecule has 0 fully saturated rings. The Kier molecular flexibility index (Phi) is 4.31. The number of anilines is 1.